The van der Waals surface area contributed by atoms with Gasteiger partial charge in [0.25, 0.3) is 0 Å². The van der Waals surface area contributed by atoms with Crippen LogP contribution in [0.2, 0.25) is 10.0 Å². The van der Waals surface area contributed by atoms with Crippen LogP contribution in [-0.4, -0.2) is 19.1 Å². The molecule has 2 N–H and O–H groups in total. The molecule has 1 aromatic heterocycles. The number of halogens is 2. The molecule has 0 atom stereocenters. The SMILES string of the molecule is CNc1nc(Nc2ccc(OC)cc2)c(Cl)cc1Cl. The number of nitrogens with zero attached hydrogens (tertiary/aromatic N) is 1. The van der Waals surface area contributed by atoms with Gasteiger partial charge in [0.2, 0.25) is 0 Å². The Morgan fingerprint density at radius 1 is 1.05 bits per heavy atom. The molecule has 0 saturated heterocycles. The van der Waals surface area contributed by atoms with E-state index in [0.717, 1.165) is 11.4 Å². The lowest BCUT2D eigenvalue weighted by Crippen LogP contribution is -1.99. The number of methoxy groups -OCH3 is 1. The highest BCUT2D eigenvalue weighted by molar-refractivity contribution is 6.37. The van der Waals surface area contributed by atoms with Gasteiger partial charge < -0.3 is 15.4 Å². The first-order chi connectivity index (χ1) is 9.13. The summed E-state index contributed by atoms with van der Waals surface area (Å²) in [5.74, 6) is 1.90. The fraction of sp³-hybridized carbons (Fsp3) is 0.154. The molecule has 0 radical (unpaired) electrons. The van der Waals surface area contributed by atoms with E-state index in [1.807, 2.05) is 24.3 Å². The van der Waals surface area contributed by atoms with E-state index < -0.39 is 0 Å². The maximum atomic E-state index is 6.11. The summed E-state index contributed by atoms with van der Waals surface area (Å²) in [5.41, 5.74) is 0.861. The highest BCUT2D eigenvalue weighted by Gasteiger charge is 2.08. The number of ether oxygens (including phenoxy) is 1. The van der Waals surface area contributed by atoms with Gasteiger partial charge in [0.05, 0.1) is 17.2 Å². The zero-order chi connectivity index (χ0) is 13.8. The Kier molecular flexibility index (Phi) is 4.35. The summed E-state index contributed by atoms with van der Waals surface area (Å²) >= 11 is 12.1. The lowest BCUT2D eigenvalue weighted by atomic mass is 10.3. The van der Waals surface area contributed by atoms with Crippen LogP contribution in [0.5, 0.6) is 5.75 Å². The van der Waals surface area contributed by atoms with E-state index in [9.17, 15) is 0 Å². The topological polar surface area (TPSA) is 46.2 Å². The Hall–Kier alpha value is -1.65. The molecule has 0 spiro atoms. The molecular formula is C13H13Cl2N3O. The second-order valence-corrected chi connectivity index (χ2v) is 4.57. The lowest BCUT2D eigenvalue weighted by molar-refractivity contribution is 0.415. The van der Waals surface area contributed by atoms with Crippen molar-refractivity contribution in [2.45, 2.75) is 0 Å². The molecular weight excluding hydrogens is 285 g/mol. The lowest BCUT2D eigenvalue weighted by Gasteiger charge is -2.11. The zero-order valence-electron chi connectivity index (χ0n) is 10.5. The molecule has 0 unspecified atom stereocenters. The molecule has 0 saturated carbocycles. The number of rotatable bonds is 4. The molecule has 0 aliphatic rings. The molecule has 0 amide bonds. The van der Waals surface area contributed by atoms with Crippen LogP contribution in [0.1, 0.15) is 0 Å². The number of hydrogen-bond donors (Lipinski definition) is 2. The smallest absolute Gasteiger partial charge is 0.151 e. The van der Waals surface area contributed by atoms with Crippen LogP contribution < -0.4 is 15.4 Å². The summed E-state index contributed by atoms with van der Waals surface area (Å²) in [6.07, 6.45) is 0. The molecule has 100 valence electrons. The van der Waals surface area contributed by atoms with Crippen LogP contribution in [0.3, 0.4) is 0 Å². The summed E-state index contributed by atoms with van der Waals surface area (Å²) in [6.45, 7) is 0. The van der Waals surface area contributed by atoms with E-state index in [4.69, 9.17) is 27.9 Å². The van der Waals surface area contributed by atoms with Gasteiger partial charge in [-0.1, -0.05) is 23.2 Å². The quantitative estimate of drug-likeness (QED) is 0.888. The van der Waals surface area contributed by atoms with Crippen LogP contribution in [0, 0.1) is 0 Å². The monoisotopic (exact) mass is 297 g/mol. The maximum absolute atomic E-state index is 6.11. The highest BCUT2D eigenvalue weighted by atomic mass is 35.5. The predicted molar refractivity (Wildman–Crippen MR) is 80.1 cm³/mol. The minimum atomic E-state index is 0.458. The van der Waals surface area contributed by atoms with Crippen molar-refractivity contribution in [1.29, 1.82) is 0 Å². The number of nitrogens with one attached hydrogen (secondary N) is 2. The summed E-state index contributed by atoms with van der Waals surface area (Å²) < 4.78 is 5.10. The third-order valence-corrected chi connectivity index (χ3v) is 3.10. The van der Waals surface area contributed by atoms with E-state index in [1.165, 1.54) is 0 Å². The van der Waals surface area contributed by atoms with E-state index in [2.05, 4.69) is 15.6 Å². The fourth-order valence-electron chi connectivity index (χ4n) is 1.54. The van der Waals surface area contributed by atoms with E-state index >= 15 is 0 Å². The average Bonchev–Trinajstić information content (AvgIpc) is 2.42. The van der Waals surface area contributed by atoms with Gasteiger partial charge in [0.15, 0.2) is 5.82 Å². The average molecular weight is 298 g/mol. The van der Waals surface area contributed by atoms with E-state index in [0.29, 0.717) is 21.7 Å². The second-order valence-electron chi connectivity index (χ2n) is 3.75. The second kappa shape index (κ2) is 5.99. The number of benzene rings is 1. The van der Waals surface area contributed by atoms with Crippen molar-refractivity contribution in [3.05, 3.63) is 40.4 Å². The normalized spacial score (nSPS) is 10.1. The van der Waals surface area contributed by atoms with Gasteiger partial charge in [-0.15, -0.1) is 0 Å². The third-order valence-electron chi connectivity index (χ3n) is 2.52. The summed E-state index contributed by atoms with van der Waals surface area (Å²) in [4.78, 5) is 4.31. The molecule has 1 heterocycles. The number of aromatic nitrogens is 1. The van der Waals surface area contributed by atoms with Gasteiger partial charge in [-0.3, -0.25) is 0 Å². The van der Waals surface area contributed by atoms with Crippen molar-refractivity contribution in [2.75, 3.05) is 24.8 Å². The zero-order valence-corrected chi connectivity index (χ0v) is 12.0. The molecule has 0 fully saturated rings. The first kappa shape index (κ1) is 13.8. The van der Waals surface area contributed by atoms with Crippen LogP contribution in [-0.2, 0) is 0 Å². The van der Waals surface area contributed by atoms with Crippen LogP contribution >= 0.6 is 23.2 Å². The molecule has 0 aliphatic heterocycles. The van der Waals surface area contributed by atoms with Gasteiger partial charge in [0.1, 0.15) is 11.6 Å². The number of hydrogen-bond acceptors (Lipinski definition) is 4. The van der Waals surface area contributed by atoms with Gasteiger partial charge in [-0.25, -0.2) is 4.98 Å². The Morgan fingerprint density at radius 2 is 1.68 bits per heavy atom. The summed E-state index contributed by atoms with van der Waals surface area (Å²) in [5, 5.41) is 6.97. The minimum Gasteiger partial charge on any atom is -0.497 e. The maximum Gasteiger partial charge on any atom is 0.151 e. The number of anilines is 3. The number of pyridine rings is 1. The highest BCUT2D eigenvalue weighted by Crippen LogP contribution is 2.31. The molecule has 1 aromatic carbocycles. The molecule has 19 heavy (non-hydrogen) atoms. The van der Waals surface area contributed by atoms with Crippen LogP contribution in [0.25, 0.3) is 0 Å². The van der Waals surface area contributed by atoms with Crippen molar-refractivity contribution in [3.8, 4) is 5.75 Å². The van der Waals surface area contributed by atoms with Gasteiger partial charge >= 0.3 is 0 Å². The first-order valence-electron chi connectivity index (χ1n) is 5.59. The fourth-order valence-corrected chi connectivity index (χ4v) is 2.04. The molecule has 4 nitrogen and oxygen atoms in total. The molecule has 2 aromatic rings. The summed E-state index contributed by atoms with van der Waals surface area (Å²) in [7, 11) is 3.37. The molecule has 6 heteroatoms. The van der Waals surface area contributed by atoms with Crippen molar-refractivity contribution >= 4 is 40.5 Å². The first-order valence-corrected chi connectivity index (χ1v) is 6.34. The van der Waals surface area contributed by atoms with Crippen molar-refractivity contribution in [2.24, 2.45) is 0 Å². The van der Waals surface area contributed by atoms with Gasteiger partial charge in [-0.05, 0) is 30.3 Å². The van der Waals surface area contributed by atoms with E-state index in [1.54, 1.807) is 20.2 Å². The standard InChI is InChI=1S/C13H13Cl2N3O/c1-16-12-10(14)7-11(15)13(18-12)17-8-3-5-9(19-2)6-4-8/h3-7H,1-2H3,(H2,16,17,18). The van der Waals surface area contributed by atoms with Gasteiger partial charge in [-0.2, -0.15) is 0 Å². The minimum absolute atomic E-state index is 0.458. The van der Waals surface area contributed by atoms with E-state index in [-0.39, 0.29) is 0 Å². The van der Waals surface area contributed by atoms with Crippen molar-refractivity contribution in [1.82, 2.24) is 4.98 Å². The molecule has 0 aliphatic carbocycles. The Labute approximate surface area is 121 Å². The van der Waals surface area contributed by atoms with Crippen LogP contribution in [0.4, 0.5) is 17.3 Å². The van der Waals surface area contributed by atoms with Crippen molar-refractivity contribution < 1.29 is 4.74 Å². The Morgan fingerprint density at radius 3 is 2.26 bits per heavy atom. The molecule has 0 bridgehead atoms. The Balaban J connectivity index is 2.26. The van der Waals surface area contributed by atoms with Crippen molar-refractivity contribution in [3.63, 3.8) is 0 Å². The molecule has 2 rings (SSSR count). The largest absolute Gasteiger partial charge is 0.497 e. The summed E-state index contributed by atoms with van der Waals surface area (Å²) in [6, 6.07) is 9.11. The Bertz CT molecular complexity index is 573. The van der Waals surface area contributed by atoms with Crippen LogP contribution in [0.15, 0.2) is 30.3 Å². The predicted octanol–water partition coefficient (Wildman–Crippen LogP) is 4.18. The third kappa shape index (κ3) is 3.22. The van der Waals surface area contributed by atoms with Gasteiger partial charge in [0, 0.05) is 12.7 Å².